The molecule has 8 heteroatoms. The van der Waals surface area contributed by atoms with Crippen LogP contribution in [0.25, 0.3) is 0 Å². The smallest absolute Gasteiger partial charge is 0.258 e. The Morgan fingerprint density at radius 1 is 1.07 bits per heavy atom. The van der Waals surface area contributed by atoms with Gasteiger partial charge in [0.1, 0.15) is 11.6 Å². The lowest BCUT2D eigenvalue weighted by Crippen LogP contribution is -2.41. The molecule has 0 radical (unpaired) electrons. The van der Waals surface area contributed by atoms with Crippen LogP contribution in [0.3, 0.4) is 0 Å². The second-order valence-corrected chi connectivity index (χ2v) is 6.53. The number of halogens is 1. The molecular formula is C21H24FN3O4. The van der Waals surface area contributed by atoms with Crippen molar-refractivity contribution in [3.8, 4) is 5.75 Å². The summed E-state index contributed by atoms with van der Waals surface area (Å²) in [6.07, 6.45) is 0. The van der Waals surface area contributed by atoms with E-state index in [9.17, 15) is 14.0 Å². The van der Waals surface area contributed by atoms with Crippen LogP contribution in [0.5, 0.6) is 5.75 Å². The Hall–Kier alpha value is -2.97. The van der Waals surface area contributed by atoms with E-state index >= 15 is 0 Å². The third kappa shape index (κ3) is 5.30. The molecule has 0 saturated carbocycles. The van der Waals surface area contributed by atoms with Gasteiger partial charge in [-0.15, -0.1) is 0 Å². The van der Waals surface area contributed by atoms with Crippen molar-refractivity contribution in [2.45, 2.75) is 0 Å². The third-order valence-corrected chi connectivity index (χ3v) is 4.67. The van der Waals surface area contributed by atoms with Gasteiger partial charge in [0.25, 0.3) is 11.8 Å². The summed E-state index contributed by atoms with van der Waals surface area (Å²) in [6, 6.07) is 10.5. The number of methoxy groups -OCH3 is 1. The Morgan fingerprint density at radius 3 is 2.52 bits per heavy atom. The van der Waals surface area contributed by atoms with Gasteiger partial charge >= 0.3 is 0 Å². The van der Waals surface area contributed by atoms with Crippen LogP contribution in [0, 0.1) is 5.82 Å². The zero-order chi connectivity index (χ0) is 20.6. The van der Waals surface area contributed by atoms with Crippen molar-refractivity contribution in [3.05, 3.63) is 59.4 Å². The normalized spacial score (nSPS) is 14.3. The number of amides is 2. The van der Waals surface area contributed by atoms with Crippen LogP contribution in [-0.2, 0) is 4.74 Å². The first-order valence-corrected chi connectivity index (χ1v) is 9.41. The number of nitrogens with zero attached hydrogens (tertiary/aromatic N) is 1. The molecule has 0 spiro atoms. The van der Waals surface area contributed by atoms with E-state index in [-0.39, 0.29) is 22.7 Å². The molecule has 3 rings (SSSR count). The van der Waals surface area contributed by atoms with Gasteiger partial charge in [-0.2, -0.15) is 0 Å². The van der Waals surface area contributed by atoms with Gasteiger partial charge in [0, 0.05) is 26.2 Å². The number of nitrogens with one attached hydrogen (secondary N) is 2. The first-order chi connectivity index (χ1) is 14.1. The number of ether oxygens (including phenoxy) is 2. The van der Waals surface area contributed by atoms with E-state index in [1.54, 1.807) is 24.3 Å². The number of rotatable bonds is 7. The molecule has 7 nitrogen and oxygen atoms in total. The average Bonchev–Trinajstić information content (AvgIpc) is 2.74. The van der Waals surface area contributed by atoms with Crippen molar-refractivity contribution in [3.63, 3.8) is 0 Å². The average molecular weight is 401 g/mol. The number of benzene rings is 2. The van der Waals surface area contributed by atoms with Crippen molar-refractivity contribution in [2.75, 3.05) is 51.8 Å². The molecule has 0 atom stereocenters. The fraction of sp³-hybridized carbons (Fsp3) is 0.333. The van der Waals surface area contributed by atoms with Gasteiger partial charge in [-0.3, -0.25) is 14.5 Å². The molecule has 0 aliphatic carbocycles. The lowest BCUT2D eigenvalue weighted by Gasteiger charge is -2.26. The molecule has 29 heavy (non-hydrogen) atoms. The second kappa shape index (κ2) is 9.99. The Labute approximate surface area is 168 Å². The molecule has 1 heterocycles. The highest BCUT2D eigenvalue weighted by Gasteiger charge is 2.20. The number of carbonyl (C=O) groups excluding carboxylic acids is 2. The van der Waals surface area contributed by atoms with Crippen LogP contribution in [-0.4, -0.2) is 63.2 Å². The van der Waals surface area contributed by atoms with E-state index in [1.807, 2.05) is 0 Å². The highest BCUT2D eigenvalue weighted by Crippen LogP contribution is 2.29. The maximum absolute atomic E-state index is 13.9. The van der Waals surface area contributed by atoms with Crippen molar-refractivity contribution < 1.29 is 23.5 Å². The van der Waals surface area contributed by atoms with Gasteiger partial charge in [0.2, 0.25) is 0 Å². The Kier molecular flexibility index (Phi) is 7.15. The summed E-state index contributed by atoms with van der Waals surface area (Å²) in [5, 5.41) is 5.48. The van der Waals surface area contributed by atoms with Crippen molar-refractivity contribution in [1.82, 2.24) is 10.2 Å². The van der Waals surface area contributed by atoms with Gasteiger partial charge in [0.15, 0.2) is 0 Å². The largest absolute Gasteiger partial charge is 0.495 e. The maximum atomic E-state index is 13.9. The Morgan fingerprint density at radius 2 is 1.79 bits per heavy atom. The second-order valence-electron chi connectivity index (χ2n) is 6.53. The topological polar surface area (TPSA) is 79.9 Å². The SMILES string of the molecule is COc1cccc(C(=O)NCCN2CCOCC2)c1NC(=O)c1ccccc1F. The summed E-state index contributed by atoms with van der Waals surface area (Å²) in [5.74, 6) is -1.33. The van der Waals surface area contributed by atoms with Crippen LogP contribution in [0.2, 0.25) is 0 Å². The molecule has 2 amide bonds. The van der Waals surface area contributed by atoms with E-state index in [0.29, 0.717) is 32.1 Å². The highest BCUT2D eigenvalue weighted by molar-refractivity contribution is 6.10. The summed E-state index contributed by atoms with van der Waals surface area (Å²) in [5.41, 5.74) is 0.334. The summed E-state index contributed by atoms with van der Waals surface area (Å²) in [7, 11) is 1.44. The Balaban J connectivity index is 1.72. The van der Waals surface area contributed by atoms with E-state index < -0.39 is 11.7 Å². The predicted octanol–water partition coefficient (Wildman–Crippen LogP) is 2.15. The third-order valence-electron chi connectivity index (χ3n) is 4.67. The summed E-state index contributed by atoms with van der Waals surface area (Å²) in [6.45, 7) is 4.21. The maximum Gasteiger partial charge on any atom is 0.258 e. The van der Waals surface area contributed by atoms with Gasteiger partial charge < -0.3 is 20.1 Å². The van der Waals surface area contributed by atoms with Crippen LogP contribution >= 0.6 is 0 Å². The van der Waals surface area contributed by atoms with Crippen LogP contribution in [0.1, 0.15) is 20.7 Å². The Bertz CT molecular complexity index is 869. The van der Waals surface area contributed by atoms with Crippen LogP contribution in [0.15, 0.2) is 42.5 Å². The fourth-order valence-corrected chi connectivity index (χ4v) is 3.09. The van der Waals surface area contributed by atoms with Crippen LogP contribution < -0.4 is 15.4 Å². The molecule has 0 unspecified atom stereocenters. The van der Waals surface area contributed by atoms with Gasteiger partial charge in [-0.1, -0.05) is 18.2 Å². The quantitative estimate of drug-likeness (QED) is 0.743. The highest BCUT2D eigenvalue weighted by atomic mass is 19.1. The first-order valence-electron chi connectivity index (χ1n) is 9.41. The molecule has 0 bridgehead atoms. The molecule has 2 N–H and O–H groups in total. The minimum Gasteiger partial charge on any atom is -0.495 e. The van der Waals surface area contributed by atoms with Crippen molar-refractivity contribution >= 4 is 17.5 Å². The van der Waals surface area contributed by atoms with E-state index in [0.717, 1.165) is 13.1 Å². The number of hydrogen-bond acceptors (Lipinski definition) is 5. The predicted molar refractivity (Wildman–Crippen MR) is 107 cm³/mol. The molecule has 0 aromatic heterocycles. The zero-order valence-electron chi connectivity index (χ0n) is 16.2. The summed E-state index contributed by atoms with van der Waals surface area (Å²) < 4.78 is 24.5. The van der Waals surface area contributed by atoms with E-state index in [1.165, 1.54) is 25.3 Å². The minimum atomic E-state index is -0.657. The van der Waals surface area contributed by atoms with Crippen molar-refractivity contribution in [2.24, 2.45) is 0 Å². The van der Waals surface area contributed by atoms with E-state index in [4.69, 9.17) is 9.47 Å². The van der Waals surface area contributed by atoms with Crippen LogP contribution in [0.4, 0.5) is 10.1 Å². The monoisotopic (exact) mass is 401 g/mol. The molecule has 1 aliphatic heterocycles. The standard InChI is InChI=1S/C21H24FN3O4/c1-28-18-8-4-6-16(20(26)23-9-10-25-11-13-29-14-12-25)19(18)24-21(27)15-5-2-3-7-17(15)22/h2-8H,9-14H2,1H3,(H,23,26)(H,24,27). The lowest BCUT2D eigenvalue weighted by atomic mass is 10.1. The number of morpholine rings is 1. The fourth-order valence-electron chi connectivity index (χ4n) is 3.09. The van der Waals surface area contributed by atoms with E-state index in [2.05, 4.69) is 15.5 Å². The molecule has 1 fully saturated rings. The molecule has 2 aromatic rings. The lowest BCUT2D eigenvalue weighted by molar-refractivity contribution is 0.0383. The zero-order valence-corrected chi connectivity index (χ0v) is 16.2. The summed E-state index contributed by atoms with van der Waals surface area (Å²) in [4.78, 5) is 27.5. The molecular weight excluding hydrogens is 377 g/mol. The molecule has 1 aliphatic rings. The first kappa shape index (κ1) is 20.8. The minimum absolute atomic E-state index is 0.114. The number of anilines is 1. The molecule has 1 saturated heterocycles. The number of hydrogen-bond donors (Lipinski definition) is 2. The summed E-state index contributed by atoms with van der Waals surface area (Å²) >= 11 is 0. The molecule has 154 valence electrons. The van der Waals surface area contributed by atoms with Crippen molar-refractivity contribution in [1.29, 1.82) is 0 Å². The number of carbonyl (C=O) groups is 2. The number of para-hydroxylation sites is 1. The van der Waals surface area contributed by atoms with Gasteiger partial charge in [-0.05, 0) is 24.3 Å². The van der Waals surface area contributed by atoms with Gasteiger partial charge in [-0.25, -0.2) is 4.39 Å². The van der Waals surface area contributed by atoms with Gasteiger partial charge in [0.05, 0.1) is 37.1 Å². The molecule has 2 aromatic carbocycles.